The summed E-state index contributed by atoms with van der Waals surface area (Å²) in [5, 5.41) is 0. The van der Waals surface area contributed by atoms with Crippen molar-refractivity contribution in [3.05, 3.63) is 0 Å². The molecule has 0 heterocycles. The lowest BCUT2D eigenvalue weighted by atomic mass is 10.4. The van der Waals surface area contributed by atoms with Gasteiger partial charge in [-0.3, -0.25) is 0 Å². The molecule has 0 aromatic heterocycles. The first-order valence-corrected chi connectivity index (χ1v) is 3.18. The van der Waals surface area contributed by atoms with Gasteiger partial charge in [0, 0.05) is 0 Å². The summed E-state index contributed by atoms with van der Waals surface area (Å²) in [5.74, 6) is 0. The van der Waals surface area contributed by atoms with E-state index in [0.29, 0.717) is 0 Å². The first-order valence-electron chi connectivity index (χ1n) is 2.01. The van der Waals surface area contributed by atoms with Crippen molar-refractivity contribution >= 4 is 27.5 Å². The highest BCUT2D eigenvalue weighted by atomic mass is 79.9. The van der Waals surface area contributed by atoms with E-state index in [-0.39, 0.29) is 0 Å². The van der Waals surface area contributed by atoms with Gasteiger partial charge in [0.25, 0.3) is 3.78 Å². The van der Waals surface area contributed by atoms with Crippen molar-refractivity contribution in [1.29, 1.82) is 0 Å². The van der Waals surface area contributed by atoms with Crippen molar-refractivity contribution in [1.82, 2.24) is 0 Å². The molecule has 8 heteroatoms. The number of hydrogen-bond donors (Lipinski definition) is 0. The van der Waals surface area contributed by atoms with Crippen molar-refractivity contribution in [2.45, 2.75) is 16.1 Å². The van der Waals surface area contributed by atoms with Gasteiger partial charge in [-0.1, -0.05) is 11.6 Å². The summed E-state index contributed by atoms with van der Waals surface area (Å²) in [6.45, 7) is 0. The lowest BCUT2D eigenvalue weighted by Gasteiger charge is -2.25. The van der Waals surface area contributed by atoms with E-state index in [0.717, 1.165) is 0 Å². The second kappa shape index (κ2) is 2.69. The second-order valence-corrected chi connectivity index (χ2v) is 3.78. The summed E-state index contributed by atoms with van der Waals surface area (Å²) >= 11 is 5.49. The molecule has 0 fully saturated rings. The summed E-state index contributed by atoms with van der Waals surface area (Å²) in [6.07, 6.45) is -11.1. The van der Waals surface area contributed by atoms with Crippen LogP contribution in [0.25, 0.3) is 0 Å². The van der Waals surface area contributed by atoms with E-state index in [1.54, 1.807) is 0 Å². The van der Waals surface area contributed by atoms with E-state index in [2.05, 4.69) is 11.6 Å². The predicted molar refractivity (Wildman–Crippen MR) is 29.6 cm³/mol. The maximum Gasteiger partial charge on any atom is 0.426 e. The highest BCUT2D eigenvalue weighted by Gasteiger charge is 2.69. The fourth-order valence-electron chi connectivity index (χ4n) is 0.161. The highest BCUT2D eigenvalue weighted by molar-refractivity contribution is 9.10. The standard InChI is InChI=1S/C3BrClF6/c4-1(5,2(6,7)8)3(9,10)11. The highest BCUT2D eigenvalue weighted by Crippen LogP contribution is 2.52. The lowest BCUT2D eigenvalue weighted by Crippen LogP contribution is -2.46. The Balaban J connectivity index is 4.75. The van der Waals surface area contributed by atoms with Gasteiger partial charge in [-0.05, 0) is 15.9 Å². The molecular formula is C3BrClF6. The van der Waals surface area contributed by atoms with E-state index in [1.165, 1.54) is 15.9 Å². The Kier molecular flexibility index (Phi) is 2.77. The van der Waals surface area contributed by atoms with E-state index >= 15 is 0 Å². The molecule has 0 saturated heterocycles. The van der Waals surface area contributed by atoms with Gasteiger partial charge in [0.2, 0.25) is 0 Å². The third-order valence-corrected chi connectivity index (χ3v) is 2.04. The normalized spacial score (nSPS) is 15.3. The van der Waals surface area contributed by atoms with Gasteiger partial charge < -0.3 is 0 Å². The van der Waals surface area contributed by atoms with Gasteiger partial charge in [-0.2, -0.15) is 26.3 Å². The van der Waals surface area contributed by atoms with Gasteiger partial charge in [-0.25, -0.2) is 0 Å². The van der Waals surface area contributed by atoms with Crippen LogP contribution in [0, 0.1) is 0 Å². The Morgan fingerprint density at radius 1 is 0.818 bits per heavy atom. The van der Waals surface area contributed by atoms with Gasteiger partial charge in [0.1, 0.15) is 0 Å². The van der Waals surface area contributed by atoms with Crippen molar-refractivity contribution in [3.8, 4) is 0 Å². The fraction of sp³-hybridized carbons (Fsp3) is 1.00. The smallest absolute Gasteiger partial charge is 0.168 e. The van der Waals surface area contributed by atoms with E-state index in [1.807, 2.05) is 0 Å². The maximum atomic E-state index is 11.4. The van der Waals surface area contributed by atoms with Gasteiger partial charge >= 0.3 is 12.4 Å². The van der Waals surface area contributed by atoms with E-state index in [9.17, 15) is 26.3 Å². The quantitative estimate of drug-likeness (QED) is 0.465. The summed E-state index contributed by atoms with van der Waals surface area (Å²) in [7, 11) is 0. The Morgan fingerprint density at radius 3 is 1.00 bits per heavy atom. The largest absolute Gasteiger partial charge is 0.426 e. The Labute approximate surface area is 70.6 Å². The molecule has 11 heavy (non-hydrogen) atoms. The summed E-state index contributed by atoms with van der Waals surface area (Å²) in [4.78, 5) is 0. The van der Waals surface area contributed by atoms with E-state index in [4.69, 9.17) is 0 Å². The van der Waals surface area contributed by atoms with Crippen LogP contribution in [0.5, 0.6) is 0 Å². The molecule has 0 rings (SSSR count). The molecule has 0 aliphatic heterocycles. The molecule has 0 aliphatic rings. The van der Waals surface area contributed by atoms with Crippen LogP contribution in [0.4, 0.5) is 26.3 Å². The topological polar surface area (TPSA) is 0 Å². The van der Waals surface area contributed by atoms with Crippen LogP contribution in [0.15, 0.2) is 0 Å². The minimum absolute atomic E-state index is 1.34. The van der Waals surface area contributed by atoms with Crippen LogP contribution in [-0.4, -0.2) is 16.1 Å². The summed E-state index contributed by atoms with van der Waals surface area (Å²) in [6, 6.07) is 0. The summed E-state index contributed by atoms with van der Waals surface area (Å²) in [5.41, 5.74) is 0. The molecule has 0 bridgehead atoms. The Hall–Kier alpha value is 0.350. The molecule has 68 valence electrons. The van der Waals surface area contributed by atoms with Crippen LogP contribution in [0.2, 0.25) is 0 Å². The average Bonchev–Trinajstić information content (AvgIpc) is 1.58. The van der Waals surface area contributed by atoms with Crippen molar-refractivity contribution in [2.75, 3.05) is 0 Å². The van der Waals surface area contributed by atoms with E-state index < -0.39 is 16.1 Å². The lowest BCUT2D eigenvalue weighted by molar-refractivity contribution is -0.236. The molecule has 0 spiro atoms. The second-order valence-electron chi connectivity index (χ2n) is 1.57. The summed E-state index contributed by atoms with van der Waals surface area (Å²) < 4.78 is 64.2. The van der Waals surface area contributed by atoms with Crippen LogP contribution >= 0.6 is 27.5 Å². The zero-order valence-corrected chi connectivity index (χ0v) is 6.87. The van der Waals surface area contributed by atoms with Gasteiger partial charge in [0.15, 0.2) is 0 Å². The van der Waals surface area contributed by atoms with Crippen molar-refractivity contribution in [3.63, 3.8) is 0 Å². The molecule has 0 aliphatic carbocycles. The molecule has 0 N–H and O–H groups in total. The minimum Gasteiger partial charge on any atom is -0.168 e. The van der Waals surface area contributed by atoms with Crippen LogP contribution in [-0.2, 0) is 0 Å². The number of rotatable bonds is 0. The monoisotopic (exact) mass is 264 g/mol. The predicted octanol–water partition coefficient (Wildman–Crippen LogP) is 3.44. The number of hydrogen-bond acceptors (Lipinski definition) is 0. The third-order valence-electron chi connectivity index (χ3n) is 0.712. The Morgan fingerprint density at radius 2 is 1.00 bits per heavy atom. The molecule has 0 unspecified atom stereocenters. The SMILES string of the molecule is FC(F)(F)C(Cl)(Br)C(F)(F)F. The molecular weight excluding hydrogens is 265 g/mol. The zero-order chi connectivity index (χ0) is 9.50. The molecule has 0 atom stereocenters. The molecule has 0 radical (unpaired) electrons. The first kappa shape index (κ1) is 11.4. The number of alkyl halides is 8. The van der Waals surface area contributed by atoms with Crippen molar-refractivity contribution in [2.24, 2.45) is 0 Å². The molecule has 0 saturated carbocycles. The van der Waals surface area contributed by atoms with Crippen LogP contribution < -0.4 is 0 Å². The molecule has 0 amide bonds. The average molecular weight is 265 g/mol. The van der Waals surface area contributed by atoms with Crippen LogP contribution in [0.1, 0.15) is 0 Å². The molecule has 0 aromatic rings. The minimum atomic E-state index is -5.56. The molecule has 0 nitrogen and oxygen atoms in total. The first-order chi connectivity index (χ1) is 4.50. The van der Waals surface area contributed by atoms with Crippen molar-refractivity contribution < 1.29 is 26.3 Å². The number of halogens is 8. The fourth-order valence-corrected chi connectivity index (χ4v) is 0.161. The zero-order valence-electron chi connectivity index (χ0n) is 4.52. The van der Waals surface area contributed by atoms with Gasteiger partial charge in [0.05, 0.1) is 0 Å². The van der Waals surface area contributed by atoms with Crippen LogP contribution in [0.3, 0.4) is 0 Å². The Bertz CT molecular complexity index is 129. The maximum absolute atomic E-state index is 11.4. The van der Waals surface area contributed by atoms with Gasteiger partial charge in [-0.15, -0.1) is 0 Å². The third kappa shape index (κ3) is 2.14. The molecule has 0 aromatic carbocycles.